The molecule has 0 aromatic carbocycles. The van der Waals surface area contributed by atoms with Crippen LogP contribution in [-0.2, 0) is 10.2 Å². The molecule has 1 aromatic rings. The Bertz CT molecular complexity index is 483. The molecule has 0 unspecified atom stereocenters. The van der Waals surface area contributed by atoms with Crippen molar-refractivity contribution in [1.82, 2.24) is 15.3 Å². The fourth-order valence-corrected chi connectivity index (χ4v) is 1.79. The van der Waals surface area contributed by atoms with E-state index in [1.807, 2.05) is 39.5 Å². The van der Waals surface area contributed by atoms with Crippen LogP contribution in [-0.4, -0.2) is 35.5 Å². The van der Waals surface area contributed by atoms with Crippen LogP contribution in [0, 0.1) is 0 Å². The number of rotatable bonds is 6. The predicted octanol–water partition coefficient (Wildman–Crippen LogP) is 1.02. The molecule has 0 aliphatic rings. The number of likely N-dealkylation sites (N-methyl/N-ethyl adjacent to an activating group) is 2. The molecule has 0 saturated carbocycles. The Balaban J connectivity index is 3.11. The summed E-state index contributed by atoms with van der Waals surface area (Å²) >= 11 is 0. The molecule has 0 spiro atoms. The first-order valence-electron chi connectivity index (χ1n) is 7.19. The zero-order valence-electron chi connectivity index (χ0n) is 13.5. The second kappa shape index (κ2) is 7.21. The number of amides is 1. The summed E-state index contributed by atoms with van der Waals surface area (Å²) in [5.41, 5.74) is 2.36. The average molecular weight is 294 g/mol. The Morgan fingerprint density at radius 3 is 2.48 bits per heavy atom. The highest BCUT2D eigenvalue weighted by Gasteiger charge is 2.21. The van der Waals surface area contributed by atoms with Crippen molar-refractivity contribution in [3.63, 3.8) is 0 Å². The summed E-state index contributed by atoms with van der Waals surface area (Å²) in [4.78, 5) is 22.6. The molecule has 1 aromatic heterocycles. The van der Waals surface area contributed by atoms with Crippen molar-refractivity contribution < 1.29 is 4.79 Å². The molecule has 0 atom stereocenters. The second-order valence-corrected chi connectivity index (χ2v) is 5.80. The first-order valence-corrected chi connectivity index (χ1v) is 7.19. The largest absolute Gasteiger partial charge is 0.355 e. The number of hydrogen-bond acceptors (Lipinski definition) is 6. The van der Waals surface area contributed by atoms with Gasteiger partial charge in [0.15, 0.2) is 0 Å². The van der Waals surface area contributed by atoms with Gasteiger partial charge in [0, 0.05) is 24.6 Å². The maximum absolute atomic E-state index is 11.8. The molecule has 1 amide bonds. The summed E-state index contributed by atoms with van der Waals surface area (Å²) in [5, 5.41) is 2.79. The minimum absolute atomic E-state index is 0.0301. The van der Waals surface area contributed by atoms with Crippen LogP contribution in [0.1, 0.15) is 40.4 Å². The maximum atomic E-state index is 11.8. The van der Waals surface area contributed by atoms with Crippen LogP contribution < -0.4 is 21.5 Å². The molecule has 0 radical (unpaired) electrons. The molecule has 7 heteroatoms. The summed E-state index contributed by atoms with van der Waals surface area (Å²) in [6.45, 7) is 11.5. The zero-order chi connectivity index (χ0) is 16.0. The summed E-state index contributed by atoms with van der Waals surface area (Å²) in [6, 6.07) is 1.75. The van der Waals surface area contributed by atoms with E-state index in [-0.39, 0.29) is 17.9 Å². The molecular formula is C14H26N6O. The van der Waals surface area contributed by atoms with Crippen LogP contribution in [0.2, 0.25) is 0 Å². The van der Waals surface area contributed by atoms with Crippen molar-refractivity contribution in [2.75, 3.05) is 30.0 Å². The van der Waals surface area contributed by atoms with Gasteiger partial charge in [-0.3, -0.25) is 4.79 Å². The Labute approximate surface area is 126 Å². The number of carbonyl (C=O) groups is 1. The summed E-state index contributed by atoms with van der Waals surface area (Å²) in [7, 11) is 0. The van der Waals surface area contributed by atoms with E-state index in [0.29, 0.717) is 30.5 Å². The highest BCUT2D eigenvalue weighted by molar-refractivity contribution is 5.81. The van der Waals surface area contributed by atoms with E-state index in [1.54, 1.807) is 6.07 Å². The molecule has 0 bridgehead atoms. The molecule has 21 heavy (non-hydrogen) atoms. The van der Waals surface area contributed by atoms with Crippen molar-refractivity contribution in [2.24, 2.45) is 5.84 Å². The van der Waals surface area contributed by atoms with Crippen molar-refractivity contribution >= 4 is 17.5 Å². The van der Waals surface area contributed by atoms with Crippen molar-refractivity contribution in [3.05, 3.63) is 11.9 Å². The second-order valence-electron chi connectivity index (χ2n) is 5.80. The van der Waals surface area contributed by atoms with E-state index in [2.05, 4.69) is 20.7 Å². The van der Waals surface area contributed by atoms with E-state index >= 15 is 0 Å². The molecule has 0 saturated heterocycles. The minimum Gasteiger partial charge on any atom is -0.355 e. The lowest BCUT2D eigenvalue weighted by atomic mass is 9.96. The first-order chi connectivity index (χ1) is 9.81. The average Bonchev–Trinajstić information content (AvgIpc) is 2.43. The quantitative estimate of drug-likeness (QED) is 0.535. The first kappa shape index (κ1) is 17.2. The number of nitrogens with two attached hydrogens (primary N) is 1. The number of hydrogen-bond donors (Lipinski definition) is 3. The number of hydrazine groups is 1. The Hall–Kier alpha value is -1.89. The lowest BCUT2D eigenvalue weighted by Gasteiger charge is -2.24. The fourth-order valence-electron chi connectivity index (χ4n) is 1.79. The van der Waals surface area contributed by atoms with Crippen LogP contribution in [0.4, 0.5) is 11.6 Å². The normalized spacial score (nSPS) is 11.1. The standard InChI is InChI=1S/C14H26N6O/c1-6-16-12(21)9-20(7-2)11-8-10(19-15)17-13(18-11)14(3,4)5/h8H,6-7,9,15H2,1-5H3,(H,16,21)(H,17,18,19). The Morgan fingerprint density at radius 1 is 1.33 bits per heavy atom. The van der Waals surface area contributed by atoms with Crippen molar-refractivity contribution in [3.8, 4) is 0 Å². The smallest absolute Gasteiger partial charge is 0.239 e. The van der Waals surface area contributed by atoms with E-state index in [9.17, 15) is 4.79 Å². The van der Waals surface area contributed by atoms with Crippen molar-refractivity contribution in [1.29, 1.82) is 0 Å². The summed E-state index contributed by atoms with van der Waals surface area (Å²) in [5.74, 6) is 7.37. The van der Waals surface area contributed by atoms with E-state index in [1.165, 1.54) is 0 Å². The van der Waals surface area contributed by atoms with Crippen molar-refractivity contribution in [2.45, 2.75) is 40.0 Å². The molecule has 0 fully saturated rings. The molecule has 7 nitrogen and oxygen atoms in total. The third-order valence-electron chi connectivity index (χ3n) is 2.95. The molecule has 118 valence electrons. The third kappa shape index (κ3) is 4.86. The highest BCUT2D eigenvalue weighted by Crippen LogP contribution is 2.23. The van der Waals surface area contributed by atoms with Crippen LogP contribution in [0.15, 0.2) is 6.07 Å². The lowest BCUT2D eigenvalue weighted by Crippen LogP contribution is -2.38. The molecule has 4 N–H and O–H groups in total. The molecule has 0 aliphatic carbocycles. The maximum Gasteiger partial charge on any atom is 0.239 e. The molecule has 1 rings (SSSR count). The zero-order valence-corrected chi connectivity index (χ0v) is 13.5. The predicted molar refractivity (Wildman–Crippen MR) is 85.1 cm³/mol. The van der Waals surface area contributed by atoms with Gasteiger partial charge in [0.1, 0.15) is 17.5 Å². The number of anilines is 2. The van der Waals surface area contributed by atoms with E-state index < -0.39 is 0 Å². The van der Waals surface area contributed by atoms with Gasteiger partial charge >= 0.3 is 0 Å². The van der Waals surface area contributed by atoms with E-state index in [0.717, 1.165) is 0 Å². The van der Waals surface area contributed by atoms with Crippen LogP contribution in [0.3, 0.4) is 0 Å². The van der Waals surface area contributed by atoms with Gasteiger partial charge in [0.2, 0.25) is 5.91 Å². The number of nitrogens with one attached hydrogen (secondary N) is 2. The topological polar surface area (TPSA) is 96.2 Å². The number of carbonyl (C=O) groups excluding carboxylic acids is 1. The lowest BCUT2D eigenvalue weighted by molar-refractivity contribution is -0.119. The van der Waals surface area contributed by atoms with Crippen LogP contribution in [0.5, 0.6) is 0 Å². The van der Waals surface area contributed by atoms with Gasteiger partial charge in [-0.15, -0.1) is 0 Å². The van der Waals surface area contributed by atoms with Gasteiger partial charge in [0.05, 0.1) is 6.54 Å². The summed E-state index contributed by atoms with van der Waals surface area (Å²) < 4.78 is 0. The number of nitrogens with zero attached hydrogens (tertiary/aromatic N) is 3. The van der Waals surface area contributed by atoms with Crippen LogP contribution >= 0.6 is 0 Å². The van der Waals surface area contributed by atoms with Crippen LogP contribution in [0.25, 0.3) is 0 Å². The minimum atomic E-state index is -0.202. The van der Waals surface area contributed by atoms with Gasteiger partial charge in [-0.1, -0.05) is 20.8 Å². The number of aromatic nitrogens is 2. The SMILES string of the molecule is CCNC(=O)CN(CC)c1cc(NN)nc(C(C)(C)C)n1. The Kier molecular flexibility index (Phi) is 5.90. The molecular weight excluding hydrogens is 268 g/mol. The summed E-state index contributed by atoms with van der Waals surface area (Å²) in [6.07, 6.45) is 0. The monoisotopic (exact) mass is 294 g/mol. The highest BCUT2D eigenvalue weighted by atomic mass is 16.2. The van der Waals surface area contributed by atoms with Gasteiger partial charge in [-0.2, -0.15) is 0 Å². The third-order valence-corrected chi connectivity index (χ3v) is 2.95. The Morgan fingerprint density at radius 2 is 2.00 bits per heavy atom. The van der Waals surface area contributed by atoms with Gasteiger partial charge < -0.3 is 15.6 Å². The molecule has 1 heterocycles. The van der Waals surface area contributed by atoms with E-state index in [4.69, 9.17) is 5.84 Å². The fraction of sp³-hybridized carbons (Fsp3) is 0.643. The van der Waals surface area contributed by atoms with Gasteiger partial charge in [-0.05, 0) is 13.8 Å². The van der Waals surface area contributed by atoms with Gasteiger partial charge in [0.25, 0.3) is 0 Å². The molecule has 0 aliphatic heterocycles. The van der Waals surface area contributed by atoms with Gasteiger partial charge in [-0.25, -0.2) is 15.8 Å². The number of nitrogen functional groups attached to an aromatic ring is 1.